The molecule has 3 aromatic heterocycles. The van der Waals surface area contributed by atoms with Crippen LogP contribution in [0.5, 0.6) is 0 Å². The van der Waals surface area contributed by atoms with Crippen molar-refractivity contribution in [3.8, 4) is 6.07 Å². The van der Waals surface area contributed by atoms with Crippen LogP contribution in [0.1, 0.15) is 44.7 Å². The van der Waals surface area contributed by atoms with Crippen LogP contribution in [0.25, 0.3) is 5.52 Å². The van der Waals surface area contributed by atoms with Gasteiger partial charge in [0.15, 0.2) is 5.82 Å². The molecule has 1 saturated carbocycles. The Morgan fingerprint density at radius 1 is 1.23 bits per heavy atom. The van der Waals surface area contributed by atoms with Gasteiger partial charge < -0.3 is 19.0 Å². The molecule has 6 rings (SSSR count). The Hall–Kier alpha value is -3.89. The molecule has 0 N–H and O–H groups in total. The summed E-state index contributed by atoms with van der Waals surface area (Å²) in [6.07, 6.45) is -3.96. The van der Waals surface area contributed by atoms with Crippen molar-refractivity contribution in [2.75, 3.05) is 31.1 Å². The number of amides is 1. The average Bonchev–Trinajstić information content (AvgIpc) is 3.19. The van der Waals surface area contributed by atoms with Gasteiger partial charge in [0.25, 0.3) is 0 Å². The first-order valence-corrected chi connectivity index (χ1v) is 12.5. The Morgan fingerprint density at radius 3 is 2.64 bits per heavy atom. The summed E-state index contributed by atoms with van der Waals surface area (Å²) in [4.78, 5) is 15.2. The number of ether oxygens (including phenoxy) is 1. The van der Waals surface area contributed by atoms with Gasteiger partial charge in [-0.25, -0.2) is 13.7 Å². The Morgan fingerprint density at radius 2 is 1.97 bits per heavy atom. The zero-order chi connectivity index (χ0) is 28.0. The van der Waals surface area contributed by atoms with Gasteiger partial charge in [-0.15, -0.1) is 10.2 Å². The number of alkyl halides is 3. The second kappa shape index (κ2) is 8.06. The molecular formula is C25H25F4N7O3. The van der Waals surface area contributed by atoms with E-state index in [2.05, 4.69) is 15.3 Å². The Labute approximate surface area is 220 Å². The molecule has 2 atom stereocenters. The minimum atomic E-state index is -4.57. The predicted octanol–water partition coefficient (Wildman–Crippen LogP) is 3.85. The fourth-order valence-corrected chi connectivity index (χ4v) is 5.91. The van der Waals surface area contributed by atoms with Crippen LogP contribution in [0.3, 0.4) is 0 Å². The largest absolute Gasteiger partial charge is 0.444 e. The molecule has 0 radical (unpaired) electrons. The van der Waals surface area contributed by atoms with Crippen LogP contribution in [0.15, 0.2) is 22.7 Å². The van der Waals surface area contributed by atoms with Gasteiger partial charge in [-0.2, -0.15) is 23.5 Å². The van der Waals surface area contributed by atoms with Crippen LogP contribution >= 0.6 is 0 Å². The van der Waals surface area contributed by atoms with E-state index in [0.717, 1.165) is 10.7 Å². The number of halogens is 4. The lowest BCUT2D eigenvalue weighted by atomic mass is 9.95. The molecule has 1 amide bonds. The third-order valence-corrected chi connectivity index (χ3v) is 7.86. The van der Waals surface area contributed by atoms with Crippen molar-refractivity contribution in [1.82, 2.24) is 24.7 Å². The Kier molecular flexibility index (Phi) is 5.25. The molecule has 3 aromatic rings. The molecule has 5 heterocycles. The second-order valence-corrected chi connectivity index (χ2v) is 11.6. The average molecular weight is 548 g/mol. The fourth-order valence-electron chi connectivity index (χ4n) is 5.91. The summed E-state index contributed by atoms with van der Waals surface area (Å²) in [7, 11) is 0. The molecule has 14 heteroatoms. The van der Waals surface area contributed by atoms with Crippen LogP contribution in [-0.2, 0) is 16.6 Å². The molecular weight excluding hydrogens is 522 g/mol. The minimum Gasteiger partial charge on any atom is -0.444 e. The first-order chi connectivity index (χ1) is 18.3. The van der Waals surface area contributed by atoms with E-state index >= 15 is 0 Å². The van der Waals surface area contributed by atoms with E-state index in [1.807, 2.05) is 6.07 Å². The number of nitriles is 1. The molecule has 0 spiro atoms. The van der Waals surface area contributed by atoms with Crippen LogP contribution in [0.2, 0.25) is 0 Å². The highest BCUT2D eigenvalue weighted by Gasteiger charge is 2.86. The van der Waals surface area contributed by atoms with Gasteiger partial charge in [0.2, 0.25) is 11.8 Å². The normalized spacial score (nSPS) is 25.0. The van der Waals surface area contributed by atoms with Crippen LogP contribution < -0.4 is 4.90 Å². The number of likely N-dealkylation sites (tertiary alicyclic amines) is 1. The summed E-state index contributed by atoms with van der Waals surface area (Å²) in [6.45, 7) is 5.64. The van der Waals surface area contributed by atoms with E-state index in [9.17, 15) is 27.6 Å². The summed E-state index contributed by atoms with van der Waals surface area (Å²) < 4.78 is 70.3. The molecule has 39 heavy (non-hydrogen) atoms. The van der Waals surface area contributed by atoms with E-state index in [-0.39, 0.29) is 47.6 Å². The highest BCUT2D eigenvalue weighted by molar-refractivity contribution is 5.76. The van der Waals surface area contributed by atoms with Gasteiger partial charge in [0.05, 0.1) is 17.3 Å². The first kappa shape index (κ1) is 25.4. The lowest BCUT2D eigenvalue weighted by Gasteiger charge is -2.39. The van der Waals surface area contributed by atoms with Crippen LogP contribution in [0.4, 0.5) is 28.0 Å². The zero-order valence-electron chi connectivity index (χ0n) is 21.4. The maximum atomic E-state index is 14.6. The van der Waals surface area contributed by atoms with E-state index in [4.69, 9.17) is 9.15 Å². The smallest absolute Gasteiger partial charge is 0.410 e. The van der Waals surface area contributed by atoms with Gasteiger partial charge in [-0.1, -0.05) is 0 Å². The molecule has 0 bridgehead atoms. The van der Waals surface area contributed by atoms with Gasteiger partial charge >= 0.3 is 12.3 Å². The highest BCUT2D eigenvalue weighted by atomic mass is 19.4. The lowest BCUT2D eigenvalue weighted by molar-refractivity contribution is -0.187. The number of fused-ring (bicyclic) bond motifs is 2. The number of hydrogen-bond donors (Lipinski definition) is 0. The van der Waals surface area contributed by atoms with Gasteiger partial charge in [-0.3, -0.25) is 0 Å². The molecule has 2 saturated heterocycles. The molecule has 206 valence electrons. The van der Waals surface area contributed by atoms with Gasteiger partial charge in [0.1, 0.15) is 28.3 Å². The number of hydrogen-bond acceptors (Lipinski definition) is 8. The maximum Gasteiger partial charge on any atom is 0.410 e. The van der Waals surface area contributed by atoms with Gasteiger partial charge in [-0.05, 0) is 39.3 Å². The number of pyridine rings is 1. The predicted molar refractivity (Wildman–Crippen MR) is 126 cm³/mol. The van der Waals surface area contributed by atoms with E-state index < -0.39 is 41.1 Å². The quantitative estimate of drug-likeness (QED) is 0.453. The number of carbonyl (C=O) groups is 1. The SMILES string of the molecule is CC(C)(C)OC(=O)N1CC(Cc2nnc([C@]34CN(c5ccc(C#N)n6ncc(F)c56)C[C@@]3(C(F)(F)F)C4)o2)C1. The van der Waals surface area contributed by atoms with Crippen molar-refractivity contribution in [3.05, 3.63) is 41.6 Å². The number of aromatic nitrogens is 4. The van der Waals surface area contributed by atoms with E-state index in [0.29, 0.717) is 19.5 Å². The van der Waals surface area contributed by atoms with Crippen molar-refractivity contribution in [1.29, 1.82) is 5.26 Å². The Bertz CT molecular complexity index is 1510. The van der Waals surface area contributed by atoms with E-state index in [1.54, 1.807) is 25.7 Å². The number of piperidine rings is 1. The third-order valence-electron chi connectivity index (χ3n) is 7.86. The van der Waals surface area contributed by atoms with Crippen molar-refractivity contribution < 1.29 is 31.5 Å². The first-order valence-electron chi connectivity index (χ1n) is 12.5. The van der Waals surface area contributed by atoms with Crippen molar-refractivity contribution in [2.24, 2.45) is 11.3 Å². The monoisotopic (exact) mass is 547 g/mol. The molecule has 3 fully saturated rings. The summed E-state index contributed by atoms with van der Waals surface area (Å²) in [5, 5.41) is 21.2. The number of rotatable bonds is 4. The molecule has 3 aliphatic rings. The molecule has 10 nitrogen and oxygen atoms in total. The molecule has 0 unspecified atom stereocenters. The zero-order valence-corrected chi connectivity index (χ0v) is 21.4. The van der Waals surface area contributed by atoms with Crippen molar-refractivity contribution in [3.63, 3.8) is 0 Å². The van der Waals surface area contributed by atoms with E-state index in [1.165, 1.54) is 17.0 Å². The second-order valence-electron chi connectivity index (χ2n) is 11.6. The summed E-state index contributed by atoms with van der Waals surface area (Å²) in [6, 6.07) is 4.74. The van der Waals surface area contributed by atoms with Crippen LogP contribution in [-0.4, -0.2) is 68.8 Å². The number of anilines is 1. The molecule has 1 aliphatic carbocycles. The fraction of sp³-hybridized carbons (Fsp3) is 0.560. The molecule has 0 aromatic carbocycles. The number of nitrogens with zero attached hydrogens (tertiary/aromatic N) is 7. The molecule has 2 aliphatic heterocycles. The van der Waals surface area contributed by atoms with Crippen LogP contribution in [0, 0.1) is 28.5 Å². The van der Waals surface area contributed by atoms with Crippen molar-refractivity contribution in [2.45, 2.75) is 50.8 Å². The topological polar surface area (TPSA) is 113 Å². The maximum absolute atomic E-state index is 14.6. The summed E-state index contributed by atoms with van der Waals surface area (Å²) >= 11 is 0. The third kappa shape index (κ3) is 3.81. The summed E-state index contributed by atoms with van der Waals surface area (Å²) in [5.74, 6) is -0.609. The lowest BCUT2D eigenvalue weighted by Crippen LogP contribution is -2.52. The number of carbonyl (C=O) groups excluding carboxylic acids is 1. The minimum absolute atomic E-state index is 0.0201. The highest BCUT2D eigenvalue weighted by Crippen LogP contribution is 2.75. The van der Waals surface area contributed by atoms with Crippen molar-refractivity contribution >= 4 is 17.3 Å². The van der Waals surface area contributed by atoms with Gasteiger partial charge in [0, 0.05) is 38.5 Å². The Balaban J connectivity index is 1.22. The standard InChI is InChI=1S/C25H25F4N7O3/c1-22(2,3)39-21(37)34-9-14(10-34)6-18-32-33-20(38-18)23-11-24(23,25(27,28)29)13-35(12-23)17-5-4-15(7-30)36-19(17)16(26)8-31-36/h4-5,8,14H,6,9-13H2,1-3H3/t23-,24-/m0/s1. The summed E-state index contributed by atoms with van der Waals surface area (Å²) in [5.41, 5.74) is -4.01.